The average molecular weight is 248 g/mol. The highest BCUT2D eigenvalue weighted by Crippen LogP contribution is 2.52. The zero-order chi connectivity index (χ0) is 13.5. The molecule has 4 unspecified atom stereocenters. The Hall–Kier alpha value is -0.820. The summed E-state index contributed by atoms with van der Waals surface area (Å²) < 4.78 is 0. The standard InChI is InChI=1S/C13H16O.2C2H6/c14-13-11-7-6-10(8-11)12(13)9-4-2-1-3-5-9;2*1-2/h1-5,10-14H,6-8H2;2*1-2H3. The van der Waals surface area contributed by atoms with Gasteiger partial charge in [0.15, 0.2) is 0 Å². The number of hydrogen-bond donors (Lipinski definition) is 1. The summed E-state index contributed by atoms with van der Waals surface area (Å²) >= 11 is 0. The number of benzene rings is 1. The number of hydrogen-bond acceptors (Lipinski definition) is 1. The summed E-state index contributed by atoms with van der Waals surface area (Å²) in [5, 5.41) is 10.1. The third kappa shape index (κ3) is 2.95. The lowest BCUT2D eigenvalue weighted by molar-refractivity contribution is 0.0923. The van der Waals surface area contributed by atoms with Crippen molar-refractivity contribution in [1.82, 2.24) is 0 Å². The molecule has 0 aromatic heterocycles. The maximum Gasteiger partial charge on any atom is 0.0639 e. The molecular weight excluding hydrogens is 220 g/mol. The molecule has 2 fully saturated rings. The first-order chi connectivity index (χ1) is 8.86. The molecule has 0 radical (unpaired) electrons. The molecule has 1 aromatic carbocycles. The van der Waals surface area contributed by atoms with Gasteiger partial charge in [-0.25, -0.2) is 0 Å². The molecule has 0 heterocycles. The van der Waals surface area contributed by atoms with E-state index in [1.54, 1.807) is 0 Å². The number of fused-ring (bicyclic) bond motifs is 2. The van der Waals surface area contributed by atoms with Crippen LogP contribution in [0, 0.1) is 11.8 Å². The van der Waals surface area contributed by atoms with Crippen LogP contribution >= 0.6 is 0 Å². The minimum absolute atomic E-state index is 0.0730. The fourth-order valence-corrected chi connectivity index (χ4v) is 3.41. The minimum atomic E-state index is -0.0730. The summed E-state index contributed by atoms with van der Waals surface area (Å²) in [4.78, 5) is 0. The third-order valence-electron chi connectivity index (χ3n) is 4.06. The largest absolute Gasteiger partial charge is 0.392 e. The summed E-state index contributed by atoms with van der Waals surface area (Å²) in [5.74, 6) is 1.76. The fraction of sp³-hybridized carbons (Fsp3) is 0.647. The molecule has 0 amide bonds. The average Bonchev–Trinajstić information content (AvgIpc) is 3.05. The highest BCUT2D eigenvalue weighted by Gasteiger charge is 2.47. The lowest BCUT2D eigenvalue weighted by Crippen LogP contribution is -2.25. The highest BCUT2D eigenvalue weighted by atomic mass is 16.3. The van der Waals surface area contributed by atoms with Gasteiger partial charge in [-0.3, -0.25) is 0 Å². The van der Waals surface area contributed by atoms with Crippen LogP contribution in [0.5, 0.6) is 0 Å². The van der Waals surface area contributed by atoms with Crippen molar-refractivity contribution in [2.24, 2.45) is 11.8 Å². The topological polar surface area (TPSA) is 20.2 Å². The van der Waals surface area contributed by atoms with Crippen molar-refractivity contribution < 1.29 is 5.11 Å². The van der Waals surface area contributed by atoms with Gasteiger partial charge in [-0.05, 0) is 36.7 Å². The maximum absolute atomic E-state index is 10.1. The smallest absolute Gasteiger partial charge is 0.0639 e. The van der Waals surface area contributed by atoms with Gasteiger partial charge in [0.2, 0.25) is 0 Å². The molecule has 2 bridgehead atoms. The van der Waals surface area contributed by atoms with Gasteiger partial charge in [0.1, 0.15) is 0 Å². The predicted octanol–water partition coefficient (Wildman–Crippen LogP) is 4.61. The van der Waals surface area contributed by atoms with Gasteiger partial charge in [0, 0.05) is 5.92 Å². The summed E-state index contributed by atoms with van der Waals surface area (Å²) in [6, 6.07) is 10.5. The highest BCUT2D eigenvalue weighted by molar-refractivity contribution is 5.25. The van der Waals surface area contributed by atoms with E-state index in [1.165, 1.54) is 24.8 Å². The zero-order valence-corrected chi connectivity index (χ0v) is 12.3. The third-order valence-corrected chi connectivity index (χ3v) is 4.06. The molecule has 4 atom stereocenters. The Balaban J connectivity index is 0.000000371. The van der Waals surface area contributed by atoms with E-state index in [4.69, 9.17) is 0 Å². The normalized spacial score (nSPS) is 32.1. The van der Waals surface area contributed by atoms with E-state index in [0.29, 0.717) is 11.8 Å². The first kappa shape index (κ1) is 15.2. The summed E-state index contributed by atoms with van der Waals surface area (Å²) in [7, 11) is 0. The van der Waals surface area contributed by atoms with Gasteiger partial charge in [-0.2, -0.15) is 0 Å². The minimum Gasteiger partial charge on any atom is -0.392 e. The lowest BCUT2D eigenvalue weighted by atomic mass is 9.81. The van der Waals surface area contributed by atoms with Gasteiger partial charge in [-0.1, -0.05) is 58.0 Å². The van der Waals surface area contributed by atoms with Crippen LogP contribution in [0.25, 0.3) is 0 Å². The second-order valence-electron chi connectivity index (χ2n) is 4.76. The predicted molar refractivity (Wildman–Crippen MR) is 78.7 cm³/mol. The zero-order valence-electron chi connectivity index (χ0n) is 12.3. The molecule has 0 aliphatic heterocycles. The Labute approximate surface area is 112 Å². The van der Waals surface area contributed by atoms with Crippen LogP contribution in [-0.2, 0) is 0 Å². The Morgan fingerprint density at radius 2 is 1.44 bits per heavy atom. The first-order valence-corrected chi connectivity index (χ1v) is 7.59. The molecule has 2 aliphatic rings. The molecular formula is C17H28O. The van der Waals surface area contributed by atoms with Gasteiger partial charge in [0.25, 0.3) is 0 Å². The quantitative estimate of drug-likeness (QED) is 0.769. The van der Waals surface area contributed by atoms with Gasteiger partial charge >= 0.3 is 0 Å². The van der Waals surface area contributed by atoms with Crippen LogP contribution in [0.3, 0.4) is 0 Å². The molecule has 1 aromatic rings. The van der Waals surface area contributed by atoms with Crippen molar-refractivity contribution in [2.45, 2.75) is 59.0 Å². The van der Waals surface area contributed by atoms with Gasteiger partial charge in [-0.15, -0.1) is 0 Å². The number of aliphatic hydroxyl groups is 1. The van der Waals surface area contributed by atoms with E-state index in [9.17, 15) is 5.11 Å². The van der Waals surface area contributed by atoms with Crippen molar-refractivity contribution in [1.29, 1.82) is 0 Å². The fourth-order valence-electron chi connectivity index (χ4n) is 3.41. The van der Waals surface area contributed by atoms with E-state index < -0.39 is 0 Å². The molecule has 18 heavy (non-hydrogen) atoms. The molecule has 0 saturated heterocycles. The molecule has 2 saturated carbocycles. The summed E-state index contributed by atoms with van der Waals surface area (Å²) in [6.07, 6.45) is 3.74. The van der Waals surface area contributed by atoms with Crippen molar-refractivity contribution >= 4 is 0 Å². The van der Waals surface area contributed by atoms with Crippen molar-refractivity contribution in [3.8, 4) is 0 Å². The summed E-state index contributed by atoms with van der Waals surface area (Å²) in [6.45, 7) is 8.00. The van der Waals surface area contributed by atoms with E-state index in [2.05, 4.69) is 24.3 Å². The SMILES string of the molecule is CC.CC.OC1C2CCC(C2)C1c1ccccc1. The molecule has 1 N–H and O–H groups in total. The molecule has 2 aliphatic carbocycles. The van der Waals surface area contributed by atoms with E-state index in [1.807, 2.05) is 33.8 Å². The van der Waals surface area contributed by atoms with Crippen LogP contribution in [0.1, 0.15) is 58.4 Å². The van der Waals surface area contributed by atoms with E-state index >= 15 is 0 Å². The number of aliphatic hydroxyl groups excluding tert-OH is 1. The van der Waals surface area contributed by atoms with Crippen LogP contribution in [-0.4, -0.2) is 11.2 Å². The van der Waals surface area contributed by atoms with E-state index in [0.717, 1.165) is 5.92 Å². The molecule has 1 nitrogen and oxygen atoms in total. The Morgan fingerprint density at radius 3 is 1.94 bits per heavy atom. The van der Waals surface area contributed by atoms with Crippen LogP contribution in [0.2, 0.25) is 0 Å². The van der Waals surface area contributed by atoms with Crippen LogP contribution in [0.4, 0.5) is 0 Å². The Bertz CT molecular complexity index is 318. The van der Waals surface area contributed by atoms with Gasteiger partial charge < -0.3 is 5.11 Å². The second kappa shape index (κ2) is 7.58. The molecule has 102 valence electrons. The molecule has 1 heteroatoms. The van der Waals surface area contributed by atoms with Crippen molar-refractivity contribution in [3.05, 3.63) is 35.9 Å². The monoisotopic (exact) mass is 248 g/mol. The van der Waals surface area contributed by atoms with Crippen molar-refractivity contribution in [2.75, 3.05) is 0 Å². The lowest BCUT2D eigenvalue weighted by Gasteiger charge is -2.27. The van der Waals surface area contributed by atoms with Crippen LogP contribution < -0.4 is 0 Å². The molecule has 3 rings (SSSR count). The Kier molecular flexibility index (Phi) is 6.42. The molecule has 0 spiro atoms. The second-order valence-corrected chi connectivity index (χ2v) is 4.76. The summed E-state index contributed by atoms with van der Waals surface area (Å²) in [5.41, 5.74) is 1.34. The maximum atomic E-state index is 10.1. The van der Waals surface area contributed by atoms with Gasteiger partial charge in [0.05, 0.1) is 6.10 Å². The Morgan fingerprint density at radius 1 is 0.889 bits per heavy atom. The van der Waals surface area contributed by atoms with E-state index in [-0.39, 0.29) is 6.10 Å². The van der Waals surface area contributed by atoms with Crippen molar-refractivity contribution in [3.63, 3.8) is 0 Å². The van der Waals surface area contributed by atoms with Crippen LogP contribution in [0.15, 0.2) is 30.3 Å². The first-order valence-electron chi connectivity index (χ1n) is 7.59. The number of rotatable bonds is 1.